The van der Waals surface area contributed by atoms with Crippen molar-refractivity contribution in [3.05, 3.63) is 40.6 Å². The van der Waals surface area contributed by atoms with E-state index in [1.54, 1.807) is 11.3 Å². The summed E-state index contributed by atoms with van der Waals surface area (Å²) in [6.45, 7) is 6.63. The van der Waals surface area contributed by atoms with Crippen LogP contribution in [0.15, 0.2) is 29.9 Å². The molecular formula is C18H27N3O2S. The first-order valence-corrected chi connectivity index (χ1v) is 9.63. The van der Waals surface area contributed by atoms with Gasteiger partial charge in [0, 0.05) is 36.4 Å². The fraction of sp³-hybridized carbons (Fsp3) is 0.611. The molecule has 3 rings (SSSR count). The number of rotatable bonds is 8. The SMILES string of the molecule is Cc1nccn1CCCCN1CCOCC1CC(O)c1cccs1. The Balaban J connectivity index is 1.45. The van der Waals surface area contributed by atoms with Crippen LogP contribution in [0.2, 0.25) is 0 Å². The van der Waals surface area contributed by atoms with E-state index in [4.69, 9.17) is 4.74 Å². The highest BCUT2D eigenvalue weighted by atomic mass is 32.1. The van der Waals surface area contributed by atoms with Gasteiger partial charge in [0.05, 0.1) is 19.3 Å². The fourth-order valence-electron chi connectivity index (χ4n) is 3.29. The van der Waals surface area contributed by atoms with Gasteiger partial charge in [0.1, 0.15) is 5.82 Å². The number of aliphatic hydroxyl groups is 1. The van der Waals surface area contributed by atoms with Gasteiger partial charge in [0.2, 0.25) is 0 Å². The molecule has 2 atom stereocenters. The summed E-state index contributed by atoms with van der Waals surface area (Å²) in [5.74, 6) is 1.08. The lowest BCUT2D eigenvalue weighted by molar-refractivity contribution is -0.0263. The second kappa shape index (κ2) is 8.76. The van der Waals surface area contributed by atoms with Crippen molar-refractivity contribution in [3.8, 4) is 0 Å². The second-order valence-corrected chi connectivity index (χ2v) is 7.39. The maximum atomic E-state index is 10.4. The monoisotopic (exact) mass is 349 g/mol. The van der Waals surface area contributed by atoms with Crippen LogP contribution in [-0.2, 0) is 11.3 Å². The Morgan fingerprint density at radius 3 is 3.04 bits per heavy atom. The molecule has 1 aliphatic rings. The van der Waals surface area contributed by atoms with Crippen LogP contribution >= 0.6 is 11.3 Å². The summed E-state index contributed by atoms with van der Waals surface area (Å²) in [6.07, 6.45) is 6.58. The van der Waals surface area contributed by atoms with Gasteiger partial charge in [-0.3, -0.25) is 4.90 Å². The van der Waals surface area contributed by atoms with Crippen LogP contribution in [-0.4, -0.2) is 51.9 Å². The zero-order valence-electron chi connectivity index (χ0n) is 14.3. The summed E-state index contributed by atoms with van der Waals surface area (Å²) in [5, 5.41) is 12.4. The quantitative estimate of drug-likeness (QED) is 0.745. The van der Waals surface area contributed by atoms with E-state index in [1.165, 1.54) is 0 Å². The molecule has 0 saturated carbocycles. The average molecular weight is 350 g/mol. The molecule has 0 amide bonds. The van der Waals surface area contributed by atoms with E-state index >= 15 is 0 Å². The molecule has 1 aliphatic heterocycles. The predicted octanol–water partition coefficient (Wildman–Crippen LogP) is 2.86. The van der Waals surface area contributed by atoms with Gasteiger partial charge in [-0.05, 0) is 44.2 Å². The van der Waals surface area contributed by atoms with Crippen molar-refractivity contribution in [2.75, 3.05) is 26.3 Å². The highest BCUT2D eigenvalue weighted by molar-refractivity contribution is 7.10. The smallest absolute Gasteiger partial charge is 0.105 e. The average Bonchev–Trinajstić information content (AvgIpc) is 3.25. The van der Waals surface area contributed by atoms with E-state index in [0.29, 0.717) is 6.04 Å². The molecule has 0 aromatic carbocycles. The van der Waals surface area contributed by atoms with Crippen molar-refractivity contribution in [2.24, 2.45) is 0 Å². The van der Waals surface area contributed by atoms with Crippen LogP contribution in [0.25, 0.3) is 0 Å². The number of aliphatic hydroxyl groups excluding tert-OH is 1. The molecule has 6 heteroatoms. The van der Waals surface area contributed by atoms with Gasteiger partial charge in [-0.1, -0.05) is 6.07 Å². The van der Waals surface area contributed by atoms with E-state index in [0.717, 1.165) is 62.8 Å². The molecule has 1 N–H and O–H groups in total. The number of hydrogen-bond donors (Lipinski definition) is 1. The number of ether oxygens (including phenoxy) is 1. The van der Waals surface area contributed by atoms with Crippen molar-refractivity contribution in [2.45, 2.75) is 44.9 Å². The van der Waals surface area contributed by atoms with Gasteiger partial charge >= 0.3 is 0 Å². The highest BCUT2D eigenvalue weighted by Crippen LogP contribution is 2.26. The third-order valence-corrected chi connectivity index (χ3v) is 5.71. The lowest BCUT2D eigenvalue weighted by Gasteiger charge is -2.36. The summed E-state index contributed by atoms with van der Waals surface area (Å²) in [5.41, 5.74) is 0. The molecule has 2 aromatic rings. The Labute approximate surface area is 147 Å². The van der Waals surface area contributed by atoms with Crippen molar-refractivity contribution < 1.29 is 9.84 Å². The third kappa shape index (κ3) is 4.66. The molecule has 0 radical (unpaired) electrons. The zero-order chi connectivity index (χ0) is 16.8. The number of thiophene rings is 1. The molecule has 1 saturated heterocycles. The van der Waals surface area contributed by atoms with Crippen LogP contribution in [0.3, 0.4) is 0 Å². The third-order valence-electron chi connectivity index (χ3n) is 4.73. The molecule has 3 heterocycles. The maximum Gasteiger partial charge on any atom is 0.105 e. The maximum absolute atomic E-state index is 10.4. The van der Waals surface area contributed by atoms with Crippen molar-refractivity contribution in [1.29, 1.82) is 0 Å². The van der Waals surface area contributed by atoms with Gasteiger partial charge in [0.15, 0.2) is 0 Å². The topological polar surface area (TPSA) is 50.5 Å². The number of aromatic nitrogens is 2. The first kappa shape index (κ1) is 17.6. The lowest BCUT2D eigenvalue weighted by Crippen LogP contribution is -2.46. The Bertz CT molecular complexity index is 599. The van der Waals surface area contributed by atoms with Gasteiger partial charge < -0.3 is 14.4 Å². The largest absolute Gasteiger partial charge is 0.388 e. The molecule has 5 nitrogen and oxygen atoms in total. The number of morpholine rings is 1. The Morgan fingerprint density at radius 1 is 1.42 bits per heavy atom. The molecule has 24 heavy (non-hydrogen) atoms. The van der Waals surface area contributed by atoms with Gasteiger partial charge in [-0.25, -0.2) is 4.98 Å². The number of aryl methyl sites for hydroxylation is 2. The van der Waals surface area contributed by atoms with Crippen LogP contribution < -0.4 is 0 Å². The predicted molar refractivity (Wildman–Crippen MR) is 96.3 cm³/mol. The summed E-state index contributed by atoms with van der Waals surface area (Å²) < 4.78 is 7.86. The number of nitrogens with zero attached hydrogens (tertiary/aromatic N) is 3. The molecule has 2 aromatic heterocycles. The summed E-state index contributed by atoms with van der Waals surface area (Å²) in [7, 11) is 0. The van der Waals surface area contributed by atoms with Crippen LogP contribution in [0.1, 0.15) is 36.1 Å². The fourth-order valence-corrected chi connectivity index (χ4v) is 4.02. The van der Waals surface area contributed by atoms with E-state index in [9.17, 15) is 5.11 Å². The molecule has 0 aliphatic carbocycles. The summed E-state index contributed by atoms with van der Waals surface area (Å²) in [6, 6.07) is 4.32. The molecule has 1 fully saturated rings. The molecular weight excluding hydrogens is 322 g/mol. The zero-order valence-corrected chi connectivity index (χ0v) is 15.1. The Kier molecular flexibility index (Phi) is 6.43. The number of unbranched alkanes of at least 4 members (excludes halogenated alkanes) is 1. The van der Waals surface area contributed by atoms with E-state index in [1.807, 2.05) is 36.8 Å². The first-order chi connectivity index (χ1) is 11.7. The van der Waals surface area contributed by atoms with Crippen LogP contribution in [0.4, 0.5) is 0 Å². The van der Waals surface area contributed by atoms with Crippen molar-refractivity contribution in [1.82, 2.24) is 14.5 Å². The van der Waals surface area contributed by atoms with Crippen LogP contribution in [0, 0.1) is 6.92 Å². The van der Waals surface area contributed by atoms with Gasteiger partial charge in [-0.2, -0.15) is 0 Å². The van der Waals surface area contributed by atoms with Crippen molar-refractivity contribution in [3.63, 3.8) is 0 Å². The minimum atomic E-state index is -0.382. The molecule has 132 valence electrons. The van der Waals surface area contributed by atoms with Gasteiger partial charge in [0.25, 0.3) is 0 Å². The highest BCUT2D eigenvalue weighted by Gasteiger charge is 2.25. The Hall–Kier alpha value is -1.21. The van der Waals surface area contributed by atoms with Gasteiger partial charge in [-0.15, -0.1) is 11.3 Å². The van der Waals surface area contributed by atoms with Crippen LogP contribution in [0.5, 0.6) is 0 Å². The van der Waals surface area contributed by atoms with E-state index in [2.05, 4.69) is 14.5 Å². The first-order valence-electron chi connectivity index (χ1n) is 8.75. The minimum Gasteiger partial charge on any atom is -0.388 e. The summed E-state index contributed by atoms with van der Waals surface area (Å²) in [4.78, 5) is 7.80. The Morgan fingerprint density at radius 2 is 2.29 bits per heavy atom. The summed E-state index contributed by atoms with van der Waals surface area (Å²) >= 11 is 1.62. The number of hydrogen-bond acceptors (Lipinski definition) is 5. The number of imidazole rings is 1. The normalized spacial score (nSPS) is 20.3. The molecule has 2 unspecified atom stereocenters. The minimum absolute atomic E-state index is 0.311. The van der Waals surface area contributed by atoms with E-state index < -0.39 is 0 Å². The standard InChI is InChI=1S/C18H27N3O2S/c1-15-19-6-9-20(15)7-2-3-8-21-10-11-23-14-16(21)13-17(22)18-5-4-12-24-18/h4-6,9,12,16-17,22H,2-3,7-8,10-11,13-14H2,1H3. The second-order valence-electron chi connectivity index (χ2n) is 6.41. The van der Waals surface area contributed by atoms with E-state index in [-0.39, 0.29) is 6.10 Å². The lowest BCUT2D eigenvalue weighted by atomic mass is 10.1. The molecule has 0 spiro atoms. The molecule has 0 bridgehead atoms. The van der Waals surface area contributed by atoms with Crippen molar-refractivity contribution >= 4 is 11.3 Å².